The van der Waals surface area contributed by atoms with Crippen molar-refractivity contribution in [2.45, 2.75) is 6.42 Å². The minimum absolute atomic E-state index is 0.254. The fraction of sp³-hybridized carbons (Fsp3) is 0.100. The molecule has 0 fully saturated rings. The summed E-state index contributed by atoms with van der Waals surface area (Å²) in [7, 11) is 1.56. The second-order valence-corrected chi connectivity index (χ2v) is 6.29. The van der Waals surface area contributed by atoms with Crippen molar-refractivity contribution in [1.29, 1.82) is 0 Å². The number of methoxy groups -OCH3 is 1. The Morgan fingerprint density at radius 2 is 1.88 bits per heavy atom. The summed E-state index contributed by atoms with van der Waals surface area (Å²) < 4.78 is 10.8. The quantitative estimate of drug-likeness (QED) is 0.486. The predicted octanol–water partition coefficient (Wildman–Crippen LogP) is 4.47. The van der Waals surface area contributed by atoms with Gasteiger partial charge >= 0.3 is 5.97 Å². The van der Waals surface area contributed by atoms with Gasteiger partial charge in [-0.15, -0.1) is 11.3 Å². The van der Waals surface area contributed by atoms with Crippen LogP contribution in [0, 0.1) is 0 Å². The molecule has 0 aliphatic heterocycles. The van der Waals surface area contributed by atoms with Gasteiger partial charge in [-0.05, 0) is 46.8 Å². The summed E-state index contributed by atoms with van der Waals surface area (Å²) >= 11 is 1.53. The molecule has 0 aliphatic carbocycles. The number of carbonyl (C=O) groups excluding carboxylic acids is 1. The lowest BCUT2D eigenvalue weighted by Gasteiger charge is -2.09. The van der Waals surface area contributed by atoms with E-state index in [2.05, 4.69) is 4.98 Å². The van der Waals surface area contributed by atoms with Gasteiger partial charge in [-0.1, -0.05) is 24.3 Å². The molecular formula is C20H17NO3S. The maximum atomic E-state index is 12.1. The molecule has 0 bridgehead atoms. The van der Waals surface area contributed by atoms with Crippen LogP contribution in [0.4, 0.5) is 0 Å². The van der Waals surface area contributed by atoms with Gasteiger partial charge in [0.05, 0.1) is 13.5 Å². The zero-order valence-corrected chi connectivity index (χ0v) is 14.5. The smallest absolute Gasteiger partial charge is 0.316 e. The van der Waals surface area contributed by atoms with Crippen LogP contribution in [0.1, 0.15) is 16.0 Å². The summed E-state index contributed by atoms with van der Waals surface area (Å²) in [5.74, 6) is 0.641. The molecule has 0 atom stereocenters. The highest BCUT2D eigenvalue weighted by atomic mass is 32.1. The van der Waals surface area contributed by atoms with E-state index in [9.17, 15) is 4.79 Å². The van der Waals surface area contributed by atoms with Crippen LogP contribution in [0.25, 0.3) is 12.2 Å². The number of pyridine rings is 1. The van der Waals surface area contributed by atoms with E-state index in [-0.39, 0.29) is 12.4 Å². The molecule has 3 aromatic rings. The topological polar surface area (TPSA) is 48.4 Å². The van der Waals surface area contributed by atoms with Gasteiger partial charge in [0, 0.05) is 17.3 Å². The molecule has 0 N–H and O–H groups in total. The van der Waals surface area contributed by atoms with Gasteiger partial charge in [-0.2, -0.15) is 0 Å². The molecule has 0 amide bonds. The van der Waals surface area contributed by atoms with E-state index < -0.39 is 0 Å². The van der Waals surface area contributed by atoms with Crippen molar-refractivity contribution >= 4 is 29.5 Å². The Labute approximate surface area is 150 Å². The van der Waals surface area contributed by atoms with Gasteiger partial charge in [0.15, 0.2) is 11.5 Å². The zero-order valence-electron chi connectivity index (χ0n) is 13.7. The molecule has 0 saturated heterocycles. The van der Waals surface area contributed by atoms with E-state index in [0.29, 0.717) is 11.5 Å². The minimum Gasteiger partial charge on any atom is -0.493 e. The first-order valence-corrected chi connectivity index (χ1v) is 8.62. The monoisotopic (exact) mass is 351 g/mol. The van der Waals surface area contributed by atoms with E-state index in [1.165, 1.54) is 11.3 Å². The average Bonchev–Trinajstić information content (AvgIpc) is 3.14. The number of benzene rings is 1. The normalized spacial score (nSPS) is 10.8. The zero-order chi connectivity index (χ0) is 17.5. The van der Waals surface area contributed by atoms with Crippen LogP contribution in [0.15, 0.2) is 60.2 Å². The highest BCUT2D eigenvalue weighted by Crippen LogP contribution is 2.29. The fourth-order valence-corrected chi connectivity index (χ4v) is 2.94. The van der Waals surface area contributed by atoms with E-state index in [1.54, 1.807) is 25.6 Å². The highest BCUT2D eigenvalue weighted by Gasteiger charge is 2.11. The fourth-order valence-electron chi connectivity index (χ4n) is 2.25. The van der Waals surface area contributed by atoms with Crippen LogP contribution >= 0.6 is 11.3 Å². The van der Waals surface area contributed by atoms with Crippen LogP contribution in [0.5, 0.6) is 11.5 Å². The van der Waals surface area contributed by atoms with Crippen molar-refractivity contribution in [3.63, 3.8) is 0 Å². The molecule has 126 valence electrons. The van der Waals surface area contributed by atoms with Gasteiger partial charge in [0.2, 0.25) is 0 Å². The Kier molecular flexibility index (Phi) is 5.59. The molecule has 3 rings (SSSR count). The number of carbonyl (C=O) groups is 1. The summed E-state index contributed by atoms with van der Waals surface area (Å²) in [6.45, 7) is 0. The number of nitrogens with zero attached hydrogens (tertiary/aromatic N) is 1. The van der Waals surface area contributed by atoms with Crippen molar-refractivity contribution in [3.8, 4) is 11.5 Å². The largest absolute Gasteiger partial charge is 0.493 e. The van der Waals surface area contributed by atoms with Crippen molar-refractivity contribution in [1.82, 2.24) is 4.98 Å². The molecule has 0 spiro atoms. The molecule has 2 heterocycles. The second kappa shape index (κ2) is 8.26. The summed E-state index contributed by atoms with van der Waals surface area (Å²) in [5.41, 5.74) is 2.01. The van der Waals surface area contributed by atoms with E-state index in [0.717, 1.165) is 16.0 Å². The molecule has 25 heavy (non-hydrogen) atoms. The SMILES string of the molecule is COc1cc(/C=C/c2ccncc2)ccc1OC(=O)Cc1cccs1. The Morgan fingerprint density at radius 3 is 2.60 bits per heavy atom. The standard InChI is InChI=1S/C20H17NO3S/c1-23-19-13-16(5-4-15-8-10-21-11-9-15)6-7-18(19)24-20(22)14-17-3-2-12-25-17/h2-13H,14H2,1H3/b5-4+. The summed E-state index contributed by atoms with van der Waals surface area (Å²) in [6.07, 6.45) is 7.70. The number of hydrogen-bond donors (Lipinski definition) is 0. The predicted molar refractivity (Wildman–Crippen MR) is 99.8 cm³/mol. The first kappa shape index (κ1) is 16.9. The molecule has 4 nitrogen and oxygen atoms in total. The highest BCUT2D eigenvalue weighted by molar-refractivity contribution is 7.10. The number of ether oxygens (including phenoxy) is 2. The Hall–Kier alpha value is -2.92. The summed E-state index contributed by atoms with van der Waals surface area (Å²) in [5, 5.41) is 1.94. The van der Waals surface area contributed by atoms with Gasteiger partial charge in [-0.25, -0.2) is 0 Å². The molecular weight excluding hydrogens is 334 g/mol. The number of thiophene rings is 1. The molecule has 5 heteroatoms. The molecule has 0 aliphatic rings. The molecule has 1 aromatic carbocycles. The third-order valence-corrected chi connectivity index (χ3v) is 4.36. The number of hydrogen-bond acceptors (Lipinski definition) is 5. The van der Waals surface area contributed by atoms with Crippen molar-refractivity contribution in [3.05, 3.63) is 76.2 Å². The van der Waals surface area contributed by atoms with E-state index >= 15 is 0 Å². The van der Waals surface area contributed by atoms with Crippen molar-refractivity contribution in [2.24, 2.45) is 0 Å². The third-order valence-electron chi connectivity index (χ3n) is 3.48. The second-order valence-electron chi connectivity index (χ2n) is 5.25. The lowest BCUT2D eigenvalue weighted by atomic mass is 10.1. The summed E-state index contributed by atoms with van der Waals surface area (Å²) in [4.78, 5) is 17.0. The Balaban J connectivity index is 1.71. The van der Waals surface area contributed by atoms with E-state index in [4.69, 9.17) is 9.47 Å². The van der Waals surface area contributed by atoms with Gasteiger partial charge in [0.25, 0.3) is 0 Å². The lowest BCUT2D eigenvalue weighted by Crippen LogP contribution is -2.11. The molecule has 0 saturated carbocycles. The van der Waals surface area contributed by atoms with Crippen molar-refractivity contribution < 1.29 is 14.3 Å². The first-order valence-electron chi connectivity index (χ1n) is 7.74. The first-order chi connectivity index (χ1) is 12.2. The lowest BCUT2D eigenvalue weighted by molar-refractivity contribution is -0.133. The van der Waals surface area contributed by atoms with E-state index in [1.807, 2.05) is 53.9 Å². The molecule has 0 unspecified atom stereocenters. The maximum absolute atomic E-state index is 12.1. The number of esters is 1. The Bertz CT molecular complexity index is 858. The van der Waals surface area contributed by atoms with Gasteiger partial charge in [0.1, 0.15) is 0 Å². The van der Waals surface area contributed by atoms with Gasteiger partial charge < -0.3 is 9.47 Å². The maximum Gasteiger partial charge on any atom is 0.316 e. The summed E-state index contributed by atoms with van der Waals surface area (Å²) in [6, 6.07) is 13.1. The van der Waals surface area contributed by atoms with Gasteiger partial charge in [-0.3, -0.25) is 9.78 Å². The number of aromatic nitrogens is 1. The average molecular weight is 351 g/mol. The van der Waals surface area contributed by atoms with Crippen LogP contribution < -0.4 is 9.47 Å². The van der Waals surface area contributed by atoms with Crippen LogP contribution in [-0.4, -0.2) is 18.1 Å². The van der Waals surface area contributed by atoms with Crippen LogP contribution in [-0.2, 0) is 11.2 Å². The third kappa shape index (κ3) is 4.78. The minimum atomic E-state index is -0.305. The van der Waals surface area contributed by atoms with Crippen molar-refractivity contribution in [2.75, 3.05) is 7.11 Å². The van der Waals surface area contributed by atoms with Crippen LogP contribution in [0.2, 0.25) is 0 Å². The Morgan fingerprint density at radius 1 is 1.08 bits per heavy atom. The van der Waals surface area contributed by atoms with Crippen LogP contribution in [0.3, 0.4) is 0 Å². The molecule has 0 radical (unpaired) electrons. The number of rotatable bonds is 6. The molecule has 2 aromatic heterocycles.